The van der Waals surface area contributed by atoms with Gasteiger partial charge in [0.15, 0.2) is 5.76 Å². The normalized spacial score (nSPS) is 17.3. The van der Waals surface area contributed by atoms with E-state index in [4.69, 9.17) is 4.52 Å². The molecule has 0 aliphatic heterocycles. The van der Waals surface area contributed by atoms with Gasteiger partial charge in [-0.05, 0) is 43.0 Å². The Morgan fingerprint density at radius 3 is 2.81 bits per heavy atom. The van der Waals surface area contributed by atoms with Gasteiger partial charge in [0.05, 0.1) is 17.4 Å². The molecule has 1 aliphatic rings. The Labute approximate surface area is 161 Å². The molecule has 2 N–H and O–H groups in total. The molecular formula is C21H21BrN2O2. The van der Waals surface area contributed by atoms with Crippen LogP contribution in [0.25, 0.3) is 11.3 Å². The third-order valence-electron chi connectivity index (χ3n) is 5.04. The summed E-state index contributed by atoms with van der Waals surface area (Å²) in [5.41, 5.74) is 5.13. The predicted molar refractivity (Wildman–Crippen MR) is 105 cm³/mol. The first-order valence-electron chi connectivity index (χ1n) is 8.85. The second-order valence-electron chi connectivity index (χ2n) is 6.73. The molecule has 0 fully saturated rings. The fraction of sp³-hybridized carbons (Fsp3) is 0.286. The van der Waals surface area contributed by atoms with Crippen molar-refractivity contribution in [2.75, 3.05) is 6.54 Å². The molecule has 0 saturated carbocycles. The molecule has 3 aromatic rings. The lowest BCUT2D eigenvalue weighted by Gasteiger charge is -2.18. The van der Waals surface area contributed by atoms with Crippen LogP contribution < -0.4 is 5.32 Å². The number of nitrogens with one attached hydrogen (secondary N) is 1. The monoisotopic (exact) mass is 412 g/mol. The first-order chi connectivity index (χ1) is 12.6. The highest BCUT2D eigenvalue weighted by Crippen LogP contribution is 2.34. The molecule has 2 unspecified atom stereocenters. The molecule has 0 bridgehead atoms. The van der Waals surface area contributed by atoms with Crippen molar-refractivity contribution < 1.29 is 9.63 Å². The van der Waals surface area contributed by atoms with E-state index in [2.05, 4.69) is 50.7 Å². The van der Waals surface area contributed by atoms with Crippen molar-refractivity contribution in [1.29, 1.82) is 0 Å². The Morgan fingerprint density at radius 2 is 2.00 bits per heavy atom. The van der Waals surface area contributed by atoms with Crippen LogP contribution in [0.5, 0.6) is 0 Å². The smallest absolute Gasteiger partial charge is 0.172 e. The minimum absolute atomic E-state index is 0.289. The SMILES string of the molecule is Cc1noc(-c2ccc(Br)cc2)c1C(O)CNC1CCc2ccccc21. The van der Waals surface area contributed by atoms with Gasteiger partial charge in [0.1, 0.15) is 0 Å². The highest BCUT2D eigenvalue weighted by Gasteiger charge is 2.25. The molecule has 2 atom stereocenters. The molecule has 4 rings (SSSR count). The Morgan fingerprint density at radius 1 is 1.23 bits per heavy atom. The van der Waals surface area contributed by atoms with Gasteiger partial charge in [-0.1, -0.05) is 57.5 Å². The predicted octanol–water partition coefficient (Wildman–Crippen LogP) is 4.72. The molecule has 0 radical (unpaired) electrons. The summed E-state index contributed by atoms with van der Waals surface area (Å²) in [6.45, 7) is 2.33. The lowest BCUT2D eigenvalue weighted by atomic mass is 10.0. The van der Waals surface area contributed by atoms with E-state index >= 15 is 0 Å². The number of aliphatic hydroxyl groups excluding tert-OH is 1. The average Bonchev–Trinajstić information content (AvgIpc) is 3.24. The molecule has 5 heteroatoms. The Balaban J connectivity index is 1.51. The van der Waals surface area contributed by atoms with E-state index in [9.17, 15) is 5.11 Å². The Kier molecular flexibility index (Phi) is 4.94. The largest absolute Gasteiger partial charge is 0.387 e. The number of aryl methyl sites for hydroxylation is 2. The van der Waals surface area contributed by atoms with Crippen LogP contribution in [-0.4, -0.2) is 16.8 Å². The van der Waals surface area contributed by atoms with Crippen molar-refractivity contribution in [3.05, 3.63) is 75.4 Å². The van der Waals surface area contributed by atoms with Crippen molar-refractivity contribution in [2.45, 2.75) is 31.9 Å². The molecule has 2 aromatic carbocycles. The molecule has 0 amide bonds. The van der Waals surface area contributed by atoms with E-state index in [1.807, 2.05) is 31.2 Å². The van der Waals surface area contributed by atoms with Crippen LogP contribution in [0.2, 0.25) is 0 Å². The van der Waals surface area contributed by atoms with Crippen LogP contribution >= 0.6 is 15.9 Å². The summed E-state index contributed by atoms with van der Waals surface area (Å²) in [6.07, 6.45) is 1.47. The summed E-state index contributed by atoms with van der Waals surface area (Å²) in [7, 11) is 0. The number of hydrogen-bond acceptors (Lipinski definition) is 4. The first kappa shape index (κ1) is 17.5. The van der Waals surface area contributed by atoms with Crippen molar-refractivity contribution in [3.63, 3.8) is 0 Å². The molecule has 4 nitrogen and oxygen atoms in total. The van der Waals surface area contributed by atoms with E-state index in [1.165, 1.54) is 11.1 Å². The van der Waals surface area contributed by atoms with E-state index in [0.717, 1.165) is 34.1 Å². The van der Waals surface area contributed by atoms with Crippen LogP contribution in [0.15, 0.2) is 57.5 Å². The van der Waals surface area contributed by atoms with Crippen molar-refractivity contribution in [2.24, 2.45) is 0 Å². The van der Waals surface area contributed by atoms with E-state index in [-0.39, 0.29) is 6.04 Å². The zero-order valence-electron chi connectivity index (χ0n) is 14.6. The summed E-state index contributed by atoms with van der Waals surface area (Å²) in [5, 5.41) is 18.4. The van der Waals surface area contributed by atoms with Gasteiger partial charge in [0.2, 0.25) is 0 Å². The third-order valence-corrected chi connectivity index (χ3v) is 5.57. The maximum atomic E-state index is 10.8. The maximum absolute atomic E-state index is 10.8. The standard InChI is InChI=1S/C21H21BrN2O2/c1-13-20(21(26-24-13)15-6-9-16(22)10-7-15)19(25)12-23-18-11-8-14-4-2-3-5-17(14)18/h2-7,9-10,18-19,23,25H,8,11-12H2,1H3. The van der Waals surface area contributed by atoms with Crippen molar-refractivity contribution in [1.82, 2.24) is 10.5 Å². The van der Waals surface area contributed by atoms with Gasteiger partial charge in [0, 0.05) is 22.6 Å². The topological polar surface area (TPSA) is 58.3 Å². The lowest BCUT2D eigenvalue weighted by Crippen LogP contribution is -2.25. The first-order valence-corrected chi connectivity index (χ1v) is 9.64. The summed E-state index contributed by atoms with van der Waals surface area (Å²) in [4.78, 5) is 0. The number of rotatable bonds is 5. The summed E-state index contributed by atoms with van der Waals surface area (Å²) in [5.74, 6) is 0.635. The van der Waals surface area contributed by atoms with E-state index < -0.39 is 6.10 Å². The van der Waals surface area contributed by atoms with Crippen LogP contribution in [0.4, 0.5) is 0 Å². The number of aliphatic hydroxyl groups is 1. The second kappa shape index (κ2) is 7.35. The van der Waals surface area contributed by atoms with Crippen LogP contribution in [0.1, 0.15) is 41.0 Å². The summed E-state index contributed by atoms with van der Waals surface area (Å²) < 4.78 is 6.52. The number of benzene rings is 2. The van der Waals surface area contributed by atoms with Gasteiger partial charge >= 0.3 is 0 Å². The molecule has 1 aromatic heterocycles. The van der Waals surface area contributed by atoms with Crippen LogP contribution in [0.3, 0.4) is 0 Å². The maximum Gasteiger partial charge on any atom is 0.172 e. The van der Waals surface area contributed by atoms with Crippen molar-refractivity contribution in [3.8, 4) is 11.3 Å². The van der Waals surface area contributed by atoms with Gasteiger partial charge in [-0.15, -0.1) is 0 Å². The van der Waals surface area contributed by atoms with Gasteiger partial charge in [0.25, 0.3) is 0 Å². The molecule has 26 heavy (non-hydrogen) atoms. The number of aromatic nitrogens is 1. The minimum Gasteiger partial charge on any atom is -0.387 e. The molecule has 1 heterocycles. The second-order valence-corrected chi connectivity index (χ2v) is 7.65. The highest BCUT2D eigenvalue weighted by molar-refractivity contribution is 9.10. The van der Waals surface area contributed by atoms with Gasteiger partial charge in [-0.3, -0.25) is 0 Å². The highest BCUT2D eigenvalue weighted by atomic mass is 79.9. The molecule has 0 spiro atoms. The van der Waals surface area contributed by atoms with E-state index in [0.29, 0.717) is 12.3 Å². The minimum atomic E-state index is -0.673. The number of hydrogen-bond donors (Lipinski definition) is 2. The number of halogens is 1. The summed E-state index contributed by atoms with van der Waals surface area (Å²) >= 11 is 3.44. The van der Waals surface area contributed by atoms with Crippen LogP contribution in [-0.2, 0) is 6.42 Å². The molecule has 0 saturated heterocycles. The number of fused-ring (bicyclic) bond motifs is 1. The third kappa shape index (κ3) is 3.34. The quantitative estimate of drug-likeness (QED) is 0.636. The fourth-order valence-corrected chi connectivity index (χ4v) is 3.97. The number of nitrogens with zero attached hydrogens (tertiary/aromatic N) is 1. The summed E-state index contributed by atoms with van der Waals surface area (Å²) in [6, 6.07) is 16.6. The average molecular weight is 413 g/mol. The van der Waals surface area contributed by atoms with Crippen LogP contribution in [0, 0.1) is 6.92 Å². The lowest BCUT2D eigenvalue weighted by molar-refractivity contribution is 0.169. The molecule has 1 aliphatic carbocycles. The Hall–Kier alpha value is -1.95. The fourth-order valence-electron chi connectivity index (χ4n) is 3.70. The van der Waals surface area contributed by atoms with Gasteiger partial charge in [-0.2, -0.15) is 0 Å². The zero-order chi connectivity index (χ0) is 18.1. The van der Waals surface area contributed by atoms with Gasteiger partial charge in [-0.25, -0.2) is 0 Å². The zero-order valence-corrected chi connectivity index (χ0v) is 16.2. The van der Waals surface area contributed by atoms with Gasteiger partial charge < -0.3 is 14.9 Å². The Bertz CT molecular complexity index is 905. The van der Waals surface area contributed by atoms with E-state index in [1.54, 1.807) is 0 Å². The van der Waals surface area contributed by atoms with Crippen molar-refractivity contribution >= 4 is 15.9 Å². The molecular weight excluding hydrogens is 392 g/mol. The molecule has 134 valence electrons.